The molecule has 0 aliphatic rings. The lowest BCUT2D eigenvalue weighted by Crippen LogP contribution is -1.96. The van der Waals surface area contributed by atoms with Gasteiger partial charge in [-0.05, 0) is 18.1 Å². The summed E-state index contributed by atoms with van der Waals surface area (Å²) < 4.78 is 5.41. The molecule has 2 heterocycles. The molecule has 2 N–H and O–H groups in total. The zero-order chi connectivity index (χ0) is 13.4. The Bertz CT molecular complexity index is 728. The molecule has 0 radical (unpaired) electrons. The monoisotopic (exact) mass is 254 g/mol. The fourth-order valence-electron chi connectivity index (χ4n) is 2.24. The number of hydrogen-bond donors (Lipinski definition) is 1. The van der Waals surface area contributed by atoms with Crippen LogP contribution in [0, 0.1) is 0 Å². The molecule has 2 aromatic heterocycles. The first-order valence-electron chi connectivity index (χ1n) is 6.13. The highest BCUT2D eigenvalue weighted by Crippen LogP contribution is 2.35. The van der Waals surface area contributed by atoms with Crippen molar-refractivity contribution in [2.24, 2.45) is 0 Å². The standard InChI is InChI=1S/C14H14N4O/c1-8(2)11-13(19-18-14(11)15)9-4-3-5-10-12(9)17-7-6-16-10/h3-8H,1-2H3,(H2,15,18). The molecule has 0 amide bonds. The van der Waals surface area contributed by atoms with Gasteiger partial charge in [-0.15, -0.1) is 0 Å². The summed E-state index contributed by atoms with van der Waals surface area (Å²) in [5.74, 6) is 1.35. The quantitative estimate of drug-likeness (QED) is 0.760. The van der Waals surface area contributed by atoms with Crippen LogP contribution in [-0.2, 0) is 0 Å². The van der Waals surface area contributed by atoms with E-state index in [-0.39, 0.29) is 5.92 Å². The van der Waals surface area contributed by atoms with Crippen molar-refractivity contribution in [3.05, 3.63) is 36.2 Å². The van der Waals surface area contributed by atoms with E-state index in [0.29, 0.717) is 11.6 Å². The molecule has 0 atom stereocenters. The van der Waals surface area contributed by atoms with Crippen molar-refractivity contribution in [3.63, 3.8) is 0 Å². The molecule has 0 unspecified atom stereocenters. The number of benzene rings is 1. The molecule has 96 valence electrons. The van der Waals surface area contributed by atoms with Gasteiger partial charge < -0.3 is 10.3 Å². The average Bonchev–Trinajstić information content (AvgIpc) is 2.80. The molecule has 0 bridgehead atoms. The lowest BCUT2D eigenvalue weighted by molar-refractivity contribution is 0.435. The maximum atomic E-state index is 5.88. The fraction of sp³-hybridized carbons (Fsp3) is 0.214. The van der Waals surface area contributed by atoms with E-state index in [4.69, 9.17) is 10.3 Å². The third-order valence-corrected chi connectivity index (χ3v) is 3.08. The number of aromatic nitrogens is 3. The number of anilines is 1. The molecule has 0 saturated carbocycles. The molecule has 5 heteroatoms. The third-order valence-electron chi connectivity index (χ3n) is 3.08. The molecule has 3 rings (SSSR count). The minimum absolute atomic E-state index is 0.230. The van der Waals surface area contributed by atoms with Crippen LogP contribution in [0.1, 0.15) is 25.3 Å². The number of para-hydroxylation sites is 1. The van der Waals surface area contributed by atoms with Crippen LogP contribution >= 0.6 is 0 Å². The molecule has 0 aliphatic heterocycles. The van der Waals surface area contributed by atoms with Crippen LogP contribution in [0.3, 0.4) is 0 Å². The molecule has 0 aliphatic carbocycles. The molecule has 19 heavy (non-hydrogen) atoms. The predicted octanol–water partition coefficient (Wildman–Crippen LogP) is 2.99. The van der Waals surface area contributed by atoms with Crippen LogP contribution < -0.4 is 5.73 Å². The Hall–Kier alpha value is -2.43. The Balaban J connectivity index is 2.31. The summed E-state index contributed by atoms with van der Waals surface area (Å²) in [4.78, 5) is 8.67. The minimum atomic E-state index is 0.230. The summed E-state index contributed by atoms with van der Waals surface area (Å²) in [6.07, 6.45) is 3.34. The largest absolute Gasteiger partial charge is 0.381 e. The fourth-order valence-corrected chi connectivity index (χ4v) is 2.24. The maximum Gasteiger partial charge on any atom is 0.174 e. The van der Waals surface area contributed by atoms with Gasteiger partial charge in [0, 0.05) is 23.5 Å². The van der Waals surface area contributed by atoms with Crippen LogP contribution in [0.2, 0.25) is 0 Å². The summed E-state index contributed by atoms with van der Waals surface area (Å²) >= 11 is 0. The van der Waals surface area contributed by atoms with Crippen molar-refractivity contribution in [2.45, 2.75) is 19.8 Å². The third kappa shape index (κ3) is 1.83. The number of nitrogen functional groups attached to an aromatic ring is 1. The van der Waals surface area contributed by atoms with E-state index in [1.54, 1.807) is 12.4 Å². The van der Waals surface area contributed by atoms with E-state index in [2.05, 4.69) is 29.0 Å². The first-order chi connectivity index (χ1) is 9.18. The number of fused-ring (bicyclic) bond motifs is 1. The van der Waals surface area contributed by atoms with Crippen LogP contribution in [0.15, 0.2) is 35.1 Å². The Morgan fingerprint density at radius 2 is 1.95 bits per heavy atom. The van der Waals surface area contributed by atoms with Crippen molar-refractivity contribution in [2.75, 3.05) is 5.73 Å². The Kier molecular flexibility index (Phi) is 2.67. The van der Waals surface area contributed by atoms with E-state index in [1.807, 2.05) is 18.2 Å². The topological polar surface area (TPSA) is 77.8 Å². The molecule has 1 aromatic carbocycles. The number of hydrogen-bond acceptors (Lipinski definition) is 5. The SMILES string of the molecule is CC(C)c1c(N)noc1-c1cccc2nccnc12. The summed E-state index contributed by atoms with van der Waals surface area (Å²) in [5.41, 5.74) is 9.29. The van der Waals surface area contributed by atoms with Crippen LogP contribution in [-0.4, -0.2) is 15.1 Å². The van der Waals surface area contributed by atoms with Gasteiger partial charge in [0.2, 0.25) is 0 Å². The van der Waals surface area contributed by atoms with Gasteiger partial charge >= 0.3 is 0 Å². The van der Waals surface area contributed by atoms with E-state index in [0.717, 1.165) is 22.2 Å². The second-order valence-corrected chi connectivity index (χ2v) is 4.69. The van der Waals surface area contributed by atoms with Gasteiger partial charge in [-0.3, -0.25) is 9.97 Å². The number of nitrogens with zero attached hydrogens (tertiary/aromatic N) is 3. The summed E-state index contributed by atoms with van der Waals surface area (Å²) in [7, 11) is 0. The number of rotatable bonds is 2. The van der Waals surface area contributed by atoms with Crippen LogP contribution in [0.5, 0.6) is 0 Å². The second kappa shape index (κ2) is 4.35. The first kappa shape index (κ1) is 11.6. The highest BCUT2D eigenvalue weighted by atomic mass is 16.5. The second-order valence-electron chi connectivity index (χ2n) is 4.69. The normalized spacial score (nSPS) is 11.3. The van der Waals surface area contributed by atoms with Gasteiger partial charge in [0.15, 0.2) is 11.6 Å². The molecule has 5 nitrogen and oxygen atoms in total. The van der Waals surface area contributed by atoms with Gasteiger partial charge in [-0.2, -0.15) is 0 Å². The molecule has 0 spiro atoms. The first-order valence-corrected chi connectivity index (χ1v) is 6.13. The van der Waals surface area contributed by atoms with Crippen molar-refractivity contribution >= 4 is 16.9 Å². The van der Waals surface area contributed by atoms with Gasteiger partial charge in [0.1, 0.15) is 0 Å². The van der Waals surface area contributed by atoms with Gasteiger partial charge in [-0.25, -0.2) is 0 Å². The molecular formula is C14H14N4O. The highest BCUT2D eigenvalue weighted by molar-refractivity contribution is 5.91. The average molecular weight is 254 g/mol. The van der Waals surface area contributed by atoms with E-state index < -0.39 is 0 Å². The molecular weight excluding hydrogens is 240 g/mol. The Morgan fingerprint density at radius 1 is 1.16 bits per heavy atom. The predicted molar refractivity (Wildman–Crippen MR) is 73.5 cm³/mol. The van der Waals surface area contributed by atoms with Gasteiger partial charge in [0.25, 0.3) is 0 Å². The van der Waals surface area contributed by atoms with Gasteiger partial charge in [-0.1, -0.05) is 25.1 Å². The van der Waals surface area contributed by atoms with Crippen LogP contribution in [0.25, 0.3) is 22.4 Å². The summed E-state index contributed by atoms with van der Waals surface area (Å²) in [6, 6.07) is 5.79. The van der Waals surface area contributed by atoms with E-state index >= 15 is 0 Å². The molecule has 0 fully saturated rings. The van der Waals surface area contributed by atoms with Crippen molar-refractivity contribution in [1.82, 2.24) is 15.1 Å². The molecule has 3 aromatic rings. The van der Waals surface area contributed by atoms with E-state index in [9.17, 15) is 0 Å². The zero-order valence-corrected chi connectivity index (χ0v) is 10.8. The lowest BCUT2D eigenvalue weighted by atomic mass is 9.98. The highest BCUT2D eigenvalue weighted by Gasteiger charge is 2.20. The van der Waals surface area contributed by atoms with Crippen LogP contribution in [0.4, 0.5) is 5.82 Å². The minimum Gasteiger partial charge on any atom is -0.381 e. The number of nitrogens with two attached hydrogens (primary N) is 1. The maximum absolute atomic E-state index is 5.88. The molecule has 0 saturated heterocycles. The summed E-state index contributed by atoms with van der Waals surface area (Å²) in [6.45, 7) is 4.12. The Morgan fingerprint density at radius 3 is 2.74 bits per heavy atom. The zero-order valence-electron chi connectivity index (χ0n) is 10.8. The smallest absolute Gasteiger partial charge is 0.174 e. The van der Waals surface area contributed by atoms with Crippen molar-refractivity contribution in [3.8, 4) is 11.3 Å². The lowest BCUT2D eigenvalue weighted by Gasteiger charge is -2.07. The van der Waals surface area contributed by atoms with Crippen molar-refractivity contribution in [1.29, 1.82) is 0 Å². The van der Waals surface area contributed by atoms with Crippen molar-refractivity contribution < 1.29 is 4.52 Å². The van der Waals surface area contributed by atoms with E-state index in [1.165, 1.54) is 0 Å². The van der Waals surface area contributed by atoms with Gasteiger partial charge in [0.05, 0.1) is 11.0 Å². The summed E-state index contributed by atoms with van der Waals surface area (Å²) in [5, 5.41) is 3.88. The Labute approximate surface area is 110 Å².